The first-order valence-corrected chi connectivity index (χ1v) is 4.64. The molecule has 0 aromatic heterocycles. The van der Waals surface area contributed by atoms with Crippen LogP contribution in [0.25, 0.3) is 0 Å². The molecule has 0 aliphatic carbocycles. The van der Waals surface area contributed by atoms with E-state index in [-0.39, 0.29) is 5.54 Å². The van der Waals surface area contributed by atoms with Gasteiger partial charge in [0.2, 0.25) is 0 Å². The van der Waals surface area contributed by atoms with Crippen LogP contribution in [0.1, 0.15) is 19.8 Å². The average molecular weight is 172 g/mol. The molecule has 0 amide bonds. The Morgan fingerprint density at radius 2 is 2.08 bits per heavy atom. The summed E-state index contributed by atoms with van der Waals surface area (Å²) >= 11 is 0. The molecule has 0 unspecified atom stereocenters. The van der Waals surface area contributed by atoms with E-state index in [1.165, 1.54) is 13.0 Å². The van der Waals surface area contributed by atoms with Gasteiger partial charge in [-0.3, -0.25) is 4.90 Å². The minimum absolute atomic E-state index is 0.0846. The predicted octanol–water partition coefficient (Wildman–Crippen LogP) is 0.446. The number of nitrogens with two attached hydrogens (primary N) is 1. The van der Waals surface area contributed by atoms with Gasteiger partial charge in [0, 0.05) is 32.3 Å². The van der Waals surface area contributed by atoms with Gasteiger partial charge in [0.05, 0.1) is 0 Å². The highest BCUT2D eigenvalue weighted by molar-refractivity contribution is 4.95. The van der Waals surface area contributed by atoms with E-state index < -0.39 is 0 Å². The number of hydrogen-bond donors (Lipinski definition) is 1. The van der Waals surface area contributed by atoms with Crippen LogP contribution in [-0.4, -0.2) is 43.8 Å². The van der Waals surface area contributed by atoms with E-state index in [0.717, 1.165) is 26.1 Å². The fourth-order valence-corrected chi connectivity index (χ4v) is 1.72. The number of rotatable bonds is 5. The minimum atomic E-state index is 0.0846. The van der Waals surface area contributed by atoms with Crippen molar-refractivity contribution in [1.82, 2.24) is 4.90 Å². The van der Waals surface area contributed by atoms with E-state index in [4.69, 9.17) is 10.5 Å². The van der Waals surface area contributed by atoms with Crippen molar-refractivity contribution < 1.29 is 4.74 Å². The summed E-state index contributed by atoms with van der Waals surface area (Å²) in [6.07, 6.45) is 2.39. The third-order valence-corrected chi connectivity index (χ3v) is 2.24. The molecule has 2 N–H and O–H groups in total. The highest BCUT2D eigenvalue weighted by Gasteiger charge is 2.33. The molecule has 72 valence electrons. The van der Waals surface area contributed by atoms with E-state index in [2.05, 4.69) is 11.8 Å². The van der Waals surface area contributed by atoms with Crippen LogP contribution in [0, 0.1) is 0 Å². The zero-order chi connectivity index (χ0) is 9.03. The molecule has 0 bridgehead atoms. The lowest BCUT2D eigenvalue weighted by molar-refractivity contribution is 0.0790. The number of nitrogens with zero attached hydrogens (tertiary/aromatic N) is 1. The van der Waals surface area contributed by atoms with E-state index in [9.17, 15) is 0 Å². The minimum Gasteiger partial charge on any atom is -0.385 e. The summed E-state index contributed by atoms with van der Waals surface area (Å²) in [5.74, 6) is 0. The van der Waals surface area contributed by atoms with E-state index in [1.54, 1.807) is 7.11 Å². The first kappa shape index (κ1) is 9.96. The van der Waals surface area contributed by atoms with Crippen LogP contribution < -0.4 is 5.73 Å². The molecule has 1 rings (SSSR count). The Balaban J connectivity index is 1.90. The molecular weight excluding hydrogens is 152 g/mol. The Morgan fingerprint density at radius 3 is 2.58 bits per heavy atom. The Labute approximate surface area is 74.9 Å². The van der Waals surface area contributed by atoms with Crippen molar-refractivity contribution >= 4 is 0 Å². The van der Waals surface area contributed by atoms with Gasteiger partial charge in [-0.05, 0) is 26.3 Å². The second kappa shape index (κ2) is 4.21. The first-order chi connectivity index (χ1) is 5.64. The highest BCUT2D eigenvalue weighted by atomic mass is 16.5. The van der Waals surface area contributed by atoms with Gasteiger partial charge in [0.1, 0.15) is 0 Å². The molecule has 1 heterocycles. The molecule has 1 fully saturated rings. The summed E-state index contributed by atoms with van der Waals surface area (Å²) < 4.78 is 4.97. The molecule has 0 atom stereocenters. The molecule has 12 heavy (non-hydrogen) atoms. The molecule has 0 aromatic carbocycles. The molecular formula is C9H20N2O. The SMILES string of the molecule is COCCCCN1CC(C)(N)C1. The summed E-state index contributed by atoms with van der Waals surface area (Å²) in [4.78, 5) is 2.40. The fourth-order valence-electron chi connectivity index (χ4n) is 1.72. The van der Waals surface area contributed by atoms with Gasteiger partial charge in [0.15, 0.2) is 0 Å². The fraction of sp³-hybridized carbons (Fsp3) is 1.00. The standard InChI is InChI=1S/C9H20N2O/c1-9(10)7-11(8-9)5-3-4-6-12-2/h3-8,10H2,1-2H3. The summed E-state index contributed by atoms with van der Waals surface area (Å²) in [7, 11) is 1.75. The zero-order valence-corrected chi connectivity index (χ0v) is 8.18. The molecule has 1 aliphatic heterocycles. The maximum absolute atomic E-state index is 5.88. The lowest BCUT2D eigenvalue weighted by atomic mass is 9.93. The third-order valence-electron chi connectivity index (χ3n) is 2.24. The molecule has 0 spiro atoms. The van der Waals surface area contributed by atoms with Gasteiger partial charge in [0.25, 0.3) is 0 Å². The van der Waals surface area contributed by atoms with Crippen LogP contribution in [0.2, 0.25) is 0 Å². The molecule has 1 saturated heterocycles. The number of hydrogen-bond acceptors (Lipinski definition) is 3. The predicted molar refractivity (Wildman–Crippen MR) is 50.1 cm³/mol. The van der Waals surface area contributed by atoms with Gasteiger partial charge in [-0.1, -0.05) is 0 Å². The van der Waals surface area contributed by atoms with E-state index in [0.29, 0.717) is 0 Å². The van der Waals surface area contributed by atoms with E-state index in [1.807, 2.05) is 0 Å². The van der Waals surface area contributed by atoms with Crippen molar-refractivity contribution in [3.63, 3.8) is 0 Å². The maximum atomic E-state index is 5.88. The van der Waals surface area contributed by atoms with Gasteiger partial charge in [-0.25, -0.2) is 0 Å². The monoisotopic (exact) mass is 172 g/mol. The molecule has 0 aromatic rings. The molecule has 1 aliphatic rings. The number of likely N-dealkylation sites (tertiary alicyclic amines) is 1. The molecule has 0 saturated carbocycles. The lowest BCUT2D eigenvalue weighted by Crippen LogP contribution is -2.65. The zero-order valence-electron chi connectivity index (χ0n) is 8.18. The van der Waals surface area contributed by atoms with Gasteiger partial charge in [-0.2, -0.15) is 0 Å². The van der Waals surface area contributed by atoms with Crippen molar-refractivity contribution in [3.8, 4) is 0 Å². The van der Waals surface area contributed by atoms with Crippen molar-refractivity contribution in [1.29, 1.82) is 0 Å². The van der Waals surface area contributed by atoms with E-state index >= 15 is 0 Å². The second-order valence-corrected chi connectivity index (χ2v) is 4.06. The number of unbranched alkanes of at least 4 members (excludes halogenated alkanes) is 1. The summed E-state index contributed by atoms with van der Waals surface area (Å²) in [5.41, 5.74) is 5.96. The van der Waals surface area contributed by atoms with Crippen LogP contribution in [0.4, 0.5) is 0 Å². The maximum Gasteiger partial charge on any atom is 0.0462 e. The van der Waals surface area contributed by atoms with Gasteiger partial charge >= 0.3 is 0 Å². The highest BCUT2D eigenvalue weighted by Crippen LogP contribution is 2.16. The normalized spacial score (nSPS) is 22.2. The van der Waals surface area contributed by atoms with Crippen molar-refractivity contribution in [3.05, 3.63) is 0 Å². The topological polar surface area (TPSA) is 38.5 Å². The summed E-state index contributed by atoms with van der Waals surface area (Å²) in [6, 6.07) is 0. The van der Waals surface area contributed by atoms with Crippen LogP contribution >= 0.6 is 0 Å². The van der Waals surface area contributed by atoms with Crippen molar-refractivity contribution in [2.45, 2.75) is 25.3 Å². The first-order valence-electron chi connectivity index (χ1n) is 4.64. The smallest absolute Gasteiger partial charge is 0.0462 e. The third kappa shape index (κ3) is 3.09. The lowest BCUT2D eigenvalue weighted by Gasteiger charge is -2.45. The molecule has 0 radical (unpaired) electrons. The van der Waals surface area contributed by atoms with Gasteiger partial charge in [-0.15, -0.1) is 0 Å². The Bertz CT molecular complexity index is 128. The quantitative estimate of drug-likeness (QED) is 0.612. The number of ether oxygens (including phenoxy) is 1. The van der Waals surface area contributed by atoms with Crippen molar-refractivity contribution in [2.75, 3.05) is 33.4 Å². The van der Waals surface area contributed by atoms with Gasteiger partial charge < -0.3 is 10.5 Å². The van der Waals surface area contributed by atoms with Crippen LogP contribution in [-0.2, 0) is 4.74 Å². The molecule has 3 heteroatoms. The van der Waals surface area contributed by atoms with Crippen LogP contribution in [0.3, 0.4) is 0 Å². The largest absolute Gasteiger partial charge is 0.385 e. The molecule has 3 nitrogen and oxygen atoms in total. The summed E-state index contributed by atoms with van der Waals surface area (Å²) in [6.45, 7) is 6.28. The Kier molecular flexibility index (Phi) is 3.50. The Hall–Kier alpha value is -0.120. The second-order valence-electron chi connectivity index (χ2n) is 4.06. The van der Waals surface area contributed by atoms with Crippen molar-refractivity contribution in [2.24, 2.45) is 5.73 Å². The Morgan fingerprint density at radius 1 is 1.42 bits per heavy atom. The van der Waals surface area contributed by atoms with Crippen LogP contribution in [0.15, 0.2) is 0 Å². The average Bonchev–Trinajstić information content (AvgIpc) is 1.94. The van der Waals surface area contributed by atoms with Crippen LogP contribution in [0.5, 0.6) is 0 Å². The number of methoxy groups -OCH3 is 1. The summed E-state index contributed by atoms with van der Waals surface area (Å²) in [5, 5.41) is 0.